The van der Waals surface area contributed by atoms with E-state index < -0.39 is 0 Å². The smallest absolute Gasteiger partial charge is 0.0471 e. The SMILES string of the molecule is [O]NC12CC3CC(CC(C3)C1)C2. The van der Waals surface area contributed by atoms with E-state index in [2.05, 4.69) is 5.48 Å². The zero-order valence-corrected chi connectivity index (χ0v) is 7.38. The van der Waals surface area contributed by atoms with Gasteiger partial charge in [-0.05, 0) is 56.3 Å². The first-order valence-corrected chi connectivity index (χ1v) is 5.19. The van der Waals surface area contributed by atoms with Crippen molar-refractivity contribution in [2.75, 3.05) is 0 Å². The Morgan fingerprint density at radius 1 is 0.917 bits per heavy atom. The molecule has 4 aliphatic rings. The first-order valence-electron chi connectivity index (χ1n) is 5.19. The molecule has 12 heavy (non-hydrogen) atoms. The average molecular weight is 166 g/mol. The van der Waals surface area contributed by atoms with Crippen molar-refractivity contribution >= 4 is 0 Å². The number of hydrogen-bond donors (Lipinski definition) is 1. The van der Waals surface area contributed by atoms with E-state index in [1.807, 2.05) is 0 Å². The second-order valence-electron chi connectivity index (χ2n) is 5.30. The van der Waals surface area contributed by atoms with Crippen molar-refractivity contribution in [3.8, 4) is 0 Å². The van der Waals surface area contributed by atoms with Gasteiger partial charge in [0.15, 0.2) is 0 Å². The molecule has 0 saturated heterocycles. The van der Waals surface area contributed by atoms with E-state index in [0.717, 1.165) is 17.8 Å². The van der Waals surface area contributed by atoms with Gasteiger partial charge in [0, 0.05) is 5.54 Å². The topological polar surface area (TPSA) is 31.9 Å². The van der Waals surface area contributed by atoms with Gasteiger partial charge < -0.3 is 0 Å². The highest BCUT2D eigenvalue weighted by Crippen LogP contribution is 2.55. The summed E-state index contributed by atoms with van der Waals surface area (Å²) in [7, 11) is 0. The zero-order valence-electron chi connectivity index (χ0n) is 7.38. The maximum Gasteiger partial charge on any atom is 0.0471 e. The molecule has 4 bridgehead atoms. The van der Waals surface area contributed by atoms with Gasteiger partial charge in [-0.25, -0.2) is 0 Å². The highest BCUT2D eigenvalue weighted by molar-refractivity contribution is 5.04. The second kappa shape index (κ2) is 2.24. The molecule has 0 heterocycles. The monoisotopic (exact) mass is 166 g/mol. The van der Waals surface area contributed by atoms with Crippen molar-refractivity contribution in [1.82, 2.24) is 5.48 Å². The molecular formula is C10H16NO. The van der Waals surface area contributed by atoms with Gasteiger partial charge in [0.05, 0.1) is 0 Å². The third-order valence-corrected chi connectivity index (χ3v) is 4.25. The minimum Gasteiger partial charge on any atom is -0.162 e. The van der Waals surface area contributed by atoms with E-state index in [4.69, 9.17) is 0 Å². The van der Waals surface area contributed by atoms with Gasteiger partial charge in [-0.2, -0.15) is 5.48 Å². The number of rotatable bonds is 1. The van der Waals surface area contributed by atoms with E-state index in [-0.39, 0.29) is 5.54 Å². The molecule has 2 heteroatoms. The summed E-state index contributed by atoms with van der Waals surface area (Å²) in [5.41, 5.74) is 2.40. The Morgan fingerprint density at radius 2 is 1.33 bits per heavy atom. The van der Waals surface area contributed by atoms with Gasteiger partial charge in [0.2, 0.25) is 0 Å². The predicted molar refractivity (Wildman–Crippen MR) is 44.7 cm³/mol. The molecule has 1 radical (unpaired) electrons. The van der Waals surface area contributed by atoms with Crippen molar-refractivity contribution in [1.29, 1.82) is 0 Å². The average Bonchev–Trinajstić information content (AvgIpc) is 2.02. The molecule has 0 atom stereocenters. The van der Waals surface area contributed by atoms with E-state index >= 15 is 0 Å². The molecule has 0 spiro atoms. The Balaban J connectivity index is 1.90. The standard InChI is InChI=1S/C10H16NO/c12-11-10-4-7-1-8(5-10)3-9(2-7)6-10/h7-9,11H,1-6H2. The van der Waals surface area contributed by atoms with Crippen molar-refractivity contribution < 1.29 is 5.21 Å². The van der Waals surface area contributed by atoms with Crippen LogP contribution in [-0.4, -0.2) is 5.54 Å². The van der Waals surface area contributed by atoms with Crippen LogP contribution in [0.1, 0.15) is 38.5 Å². The Bertz CT molecular complexity index is 167. The maximum absolute atomic E-state index is 10.9. The fraction of sp³-hybridized carbons (Fsp3) is 1.00. The van der Waals surface area contributed by atoms with Gasteiger partial charge in [-0.15, -0.1) is 5.21 Å². The van der Waals surface area contributed by atoms with E-state index in [1.54, 1.807) is 0 Å². The first kappa shape index (κ1) is 7.34. The molecule has 4 aliphatic carbocycles. The molecule has 0 amide bonds. The number of nitrogens with one attached hydrogen (secondary N) is 1. The van der Waals surface area contributed by atoms with Gasteiger partial charge >= 0.3 is 0 Å². The molecule has 0 unspecified atom stereocenters. The summed E-state index contributed by atoms with van der Waals surface area (Å²) in [6.07, 6.45) is 7.76. The van der Waals surface area contributed by atoms with Crippen molar-refractivity contribution in [2.24, 2.45) is 17.8 Å². The molecule has 1 N–H and O–H groups in total. The van der Waals surface area contributed by atoms with Gasteiger partial charge in [0.1, 0.15) is 0 Å². The third kappa shape index (κ3) is 0.882. The first-order chi connectivity index (χ1) is 5.80. The Morgan fingerprint density at radius 3 is 1.67 bits per heavy atom. The van der Waals surface area contributed by atoms with Crippen LogP contribution >= 0.6 is 0 Å². The van der Waals surface area contributed by atoms with Crippen LogP contribution in [0.3, 0.4) is 0 Å². The molecule has 0 aromatic carbocycles. The molecule has 0 aliphatic heterocycles. The molecule has 4 saturated carbocycles. The maximum atomic E-state index is 10.9. The van der Waals surface area contributed by atoms with Gasteiger partial charge in [0.25, 0.3) is 0 Å². The van der Waals surface area contributed by atoms with Crippen molar-refractivity contribution in [3.05, 3.63) is 0 Å². The number of hydroxylamine groups is 1. The van der Waals surface area contributed by atoms with E-state index in [9.17, 15) is 5.21 Å². The summed E-state index contributed by atoms with van der Waals surface area (Å²) in [4.78, 5) is 0. The molecule has 2 nitrogen and oxygen atoms in total. The fourth-order valence-corrected chi connectivity index (χ4v) is 4.24. The Kier molecular flexibility index (Phi) is 1.37. The van der Waals surface area contributed by atoms with Crippen LogP contribution < -0.4 is 5.48 Å². The minimum absolute atomic E-state index is 0.0365. The van der Waals surface area contributed by atoms with E-state index in [1.165, 1.54) is 38.5 Å². The van der Waals surface area contributed by atoms with Crippen LogP contribution in [0.5, 0.6) is 0 Å². The highest BCUT2D eigenvalue weighted by atomic mass is 16.5. The van der Waals surface area contributed by atoms with Crippen LogP contribution in [0.2, 0.25) is 0 Å². The molecular weight excluding hydrogens is 150 g/mol. The van der Waals surface area contributed by atoms with E-state index in [0.29, 0.717) is 0 Å². The summed E-state index contributed by atoms with van der Waals surface area (Å²) in [6.45, 7) is 0. The summed E-state index contributed by atoms with van der Waals surface area (Å²) >= 11 is 0. The lowest BCUT2D eigenvalue weighted by Crippen LogP contribution is -2.57. The predicted octanol–water partition coefficient (Wildman–Crippen LogP) is 1.89. The summed E-state index contributed by atoms with van der Waals surface area (Å²) in [5, 5.41) is 10.9. The Labute approximate surface area is 73.3 Å². The second-order valence-corrected chi connectivity index (χ2v) is 5.30. The largest absolute Gasteiger partial charge is 0.162 e. The molecule has 4 fully saturated rings. The highest BCUT2D eigenvalue weighted by Gasteiger charge is 2.51. The van der Waals surface area contributed by atoms with Crippen molar-refractivity contribution in [2.45, 2.75) is 44.1 Å². The number of hydrogen-bond acceptors (Lipinski definition) is 1. The minimum atomic E-state index is 0.0365. The Hall–Kier alpha value is -0.0800. The quantitative estimate of drug-likeness (QED) is 0.593. The summed E-state index contributed by atoms with van der Waals surface area (Å²) in [5.74, 6) is 2.66. The molecule has 67 valence electrons. The normalized spacial score (nSPS) is 56.2. The third-order valence-electron chi connectivity index (χ3n) is 4.25. The summed E-state index contributed by atoms with van der Waals surface area (Å²) in [6, 6.07) is 0. The van der Waals surface area contributed by atoms with Crippen LogP contribution in [0.25, 0.3) is 0 Å². The summed E-state index contributed by atoms with van der Waals surface area (Å²) < 4.78 is 0. The fourth-order valence-electron chi connectivity index (χ4n) is 4.24. The van der Waals surface area contributed by atoms with Crippen molar-refractivity contribution in [3.63, 3.8) is 0 Å². The lowest BCUT2D eigenvalue weighted by Gasteiger charge is -2.55. The lowest BCUT2D eigenvalue weighted by molar-refractivity contribution is -0.105. The van der Waals surface area contributed by atoms with Crippen LogP contribution in [0.15, 0.2) is 0 Å². The van der Waals surface area contributed by atoms with Crippen LogP contribution in [0, 0.1) is 17.8 Å². The lowest BCUT2D eigenvalue weighted by atomic mass is 9.53. The van der Waals surface area contributed by atoms with Gasteiger partial charge in [-0.3, -0.25) is 0 Å². The van der Waals surface area contributed by atoms with Crippen LogP contribution in [-0.2, 0) is 5.21 Å². The molecule has 4 rings (SSSR count). The molecule has 0 aromatic rings. The van der Waals surface area contributed by atoms with Gasteiger partial charge in [-0.1, -0.05) is 0 Å². The zero-order chi connectivity index (χ0) is 8.18. The van der Waals surface area contributed by atoms with Crippen LogP contribution in [0.4, 0.5) is 0 Å². The molecule has 0 aromatic heterocycles.